The number of rotatable bonds is 6. The van der Waals surface area contributed by atoms with Crippen molar-refractivity contribution in [2.45, 2.75) is 26.3 Å². The molecule has 1 aromatic rings. The molecule has 0 saturated heterocycles. The molecule has 0 bridgehead atoms. The average molecular weight is 251 g/mol. The van der Waals surface area contributed by atoms with Gasteiger partial charge in [-0.2, -0.15) is 0 Å². The van der Waals surface area contributed by atoms with Crippen LogP contribution in [-0.2, 0) is 11.2 Å². The van der Waals surface area contributed by atoms with Crippen molar-refractivity contribution in [2.75, 3.05) is 13.7 Å². The van der Waals surface area contributed by atoms with Gasteiger partial charge in [-0.25, -0.2) is 0 Å². The van der Waals surface area contributed by atoms with Crippen LogP contribution in [0.25, 0.3) is 0 Å². The number of ether oxygens (including phenoxy) is 1. The molecular weight excluding hydrogens is 230 g/mol. The molecule has 0 aliphatic carbocycles. The summed E-state index contributed by atoms with van der Waals surface area (Å²) in [4.78, 5) is 11.9. The van der Waals surface area contributed by atoms with Crippen LogP contribution >= 0.6 is 0 Å². The van der Waals surface area contributed by atoms with Gasteiger partial charge < -0.3 is 15.2 Å². The van der Waals surface area contributed by atoms with Crippen LogP contribution in [0.4, 0.5) is 0 Å². The number of methoxy groups -OCH3 is 1. The highest BCUT2D eigenvalue weighted by atomic mass is 16.5. The van der Waals surface area contributed by atoms with Crippen molar-refractivity contribution in [1.29, 1.82) is 0 Å². The molecular formula is C14H21NO3. The van der Waals surface area contributed by atoms with E-state index in [1.54, 1.807) is 7.11 Å². The van der Waals surface area contributed by atoms with Gasteiger partial charge in [0.05, 0.1) is 13.5 Å². The summed E-state index contributed by atoms with van der Waals surface area (Å²) in [6.45, 7) is 3.85. The molecule has 0 radical (unpaired) electrons. The topological polar surface area (TPSA) is 58.6 Å². The number of aliphatic hydroxyl groups is 1. The molecule has 0 aliphatic rings. The first-order valence-electron chi connectivity index (χ1n) is 6.10. The molecule has 1 rings (SSSR count). The van der Waals surface area contributed by atoms with Crippen LogP contribution in [0, 0.1) is 5.92 Å². The summed E-state index contributed by atoms with van der Waals surface area (Å²) >= 11 is 0. The molecule has 1 aromatic carbocycles. The second-order valence-corrected chi connectivity index (χ2v) is 4.50. The van der Waals surface area contributed by atoms with E-state index < -0.39 is 0 Å². The molecule has 100 valence electrons. The summed E-state index contributed by atoms with van der Waals surface area (Å²) in [7, 11) is 1.59. The second-order valence-electron chi connectivity index (χ2n) is 4.50. The van der Waals surface area contributed by atoms with Crippen molar-refractivity contribution in [2.24, 2.45) is 5.92 Å². The third-order valence-electron chi connectivity index (χ3n) is 3.07. The van der Waals surface area contributed by atoms with Crippen molar-refractivity contribution in [1.82, 2.24) is 5.32 Å². The van der Waals surface area contributed by atoms with E-state index in [1.165, 1.54) is 0 Å². The van der Waals surface area contributed by atoms with Crippen LogP contribution in [0.2, 0.25) is 0 Å². The third kappa shape index (κ3) is 4.04. The molecule has 2 atom stereocenters. The van der Waals surface area contributed by atoms with E-state index in [-0.39, 0.29) is 30.9 Å². The smallest absolute Gasteiger partial charge is 0.224 e. The van der Waals surface area contributed by atoms with Gasteiger partial charge in [0, 0.05) is 18.2 Å². The van der Waals surface area contributed by atoms with Crippen molar-refractivity contribution in [3.8, 4) is 5.75 Å². The predicted molar refractivity (Wildman–Crippen MR) is 70.6 cm³/mol. The summed E-state index contributed by atoms with van der Waals surface area (Å²) in [6.07, 6.45) is 0.284. The number of carbonyl (C=O) groups excluding carboxylic acids is 1. The third-order valence-corrected chi connectivity index (χ3v) is 3.07. The Labute approximate surface area is 108 Å². The number of hydrogen-bond acceptors (Lipinski definition) is 3. The molecule has 0 aliphatic heterocycles. The minimum atomic E-state index is -0.0627. The van der Waals surface area contributed by atoms with Gasteiger partial charge in [-0.15, -0.1) is 0 Å². The van der Waals surface area contributed by atoms with E-state index in [2.05, 4.69) is 5.32 Å². The Hall–Kier alpha value is -1.55. The van der Waals surface area contributed by atoms with Crippen molar-refractivity contribution < 1.29 is 14.6 Å². The highest BCUT2D eigenvalue weighted by molar-refractivity contribution is 5.79. The van der Waals surface area contributed by atoms with Gasteiger partial charge in [0.15, 0.2) is 0 Å². The zero-order chi connectivity index (χ0) is 13.5. The SMILES string of the molecule is COc1ccccc1CC(=O)NC(C)C(C)CO. The zero-order valence-electron chi connectivity index (χ0n) is 11.1. The van der Waals surface area contributed by atoms with Gasteiger partial charge in [-0.1, -0.05) is 25.1 Å². The second kappa shape index (κ2) is 7.01. The van der Waals surface area contributed by atoms with E-state index in [9.17, 15) is 4.79 Å². The highest BCUT2D eigenvalue weighted by Gasteiger charge is 2.15. The molecule has 1 amide bonds. The average Bonchev–Trinajstić information content (AvgIpc) is 2.38. The standard InChI is InChI=1S/C14H21NO3/c1-10(9-16)11(2)15-14(17)8-12-6-4-5-7-13(12)18-3/h4-7,10-11,16H,8-9H2,1-3H3,(H,15,17). The Morgan fingerprint density at radius 1 is 1.39 bits per heavy atom. The minimum absolute atomic E-state index is 0.0443. The van der Waals surface area contributed by atoms with Crippen molar-refractivity contribution >= 4 is 5.91 Å². The van der Waals surface area contributed by atoms with E-state index in [1.807, 2.05) is 38.1 Å². The molecule has 2 N–H and O–H groups in total. The number of hydrogen-bond donors (Lipinski definition) is 2. The lowest BCUT2D eigenvalue weighted by molar-refractivity contribution is -0.121. The number of aliphatic hydroxyl groups excluding tert-OH is 1. The monoisotopic (exact) mass is 251 g/mol. The lowest BCUT2D eigenvalue weighted by Crippen LogP contribution is -2.39. The van der Waals surface area contributed by atoms with E-state index >= 15 is 0 Å². The van der Waals surface area contributed by atoms with Gasteiger partial charge in [-0.3, -0.25) is 4.79 Å². The summed E-state index contributed by atoms with van der Waals surface area (Å²) in [5.41, 5.74) is 0.862. The van der Waals surface area contributed by atoms with Gasteiger partial charge in [0.2, 0.25) is 5.91 Å². The maximum Gasteiger partial charge on any atom is 0.224 e. The lowest BCUT2D eigenvalue weighted by atomic mass is 10.0. The Balaban J connectivity index is 2.59. The maximum atomic E-state index is 11.9. The number of carbonyl (C=O) groups is 1. The van der Waals surface area contributed by atoms with Crippen LogP contribution in [0.3, 0.4) is 0 Å². The van der Waals surface area contributed by atoms with Crippen LogP contribution < -0.4 is 10.1 Å². The number of para-hydroxylation sites is 1. The normalized spacial score (nSPS) is 13.8. The van der Waals surface area contributed by atoms with Crippen LogP contribution in [-0.4, -0.2) is 30.8 Å². The highest BCUT2D eigenvalue weighted by Crippen LogP contribution is 2.17. The Morgan fingerprint density at radius 2 is 2.06 bits per heavy atom. The first kappa shape index (κ1) is 14.5. The number of benzene rings is 1. The molecule has 0 spiro atoms. The Bertz CT molecular complexity index is 392. The van der Waals surface area contributed by atoms with Gasteiger partial charge >= 0.3 is 0 Å². The summed E-state index contributed by atoms with van der Waals surface area (Å²) < 4.78 is 5.20. The number of nitrogens with one attached hydrogen (secondary N) is 1. The summed E-state index contributed by atoms with van der Waals surface area (Å²) in [5.74, 6) is 0.703. The zero-order valence-corrected chi connectivity index (χ0v) is 11.1. The molecule has 2 unspecified atom stereocenters. The first-order valence-corrected chi connectivity index (χ1v) is 6.10. The minimum Gasteiger partial charge on any atom is -0.496 e. The molecule has 0 heterocycles. The van der Waals surface area contributed by atoms with Crippen molar-refractivity contribution in [3.05, 3.63) is 29.8 Å². The first-order chi connectivity index (χ1) is 8.58. The Morgan fingerprint density at radius 3 is 2.67 bits per heavy atom. The molecule has 0 fully saturated rings. The van der Waals surface area contributed by atoms with Crippen LogP contribution in [0.5, 0.6) is 5.75 Å². The fourth-order valence-corrected chi connectivity index (χ4v) is 1.63. The van der Waals surface area contributed by atoms with Crippen LogP contribution in [0.15, 0.2) is 24.3 Å². The maximum absolute atomic E-state index is 11.9. The fraction of sp³-hybridized carbons (Fsp3) is 0.500. The number of amides is 1. The molecule has 4 nitrogen and oxygen atoms in total. The van der Waals surface area contributed by atoms with Gasteiger partial charge in [-0.05, 0) is 18.9 Å². The van der Waals surface area contributed by atoms with Gasteiger partial charge in [0.1, 0.15) is 5.75 Å². The molecule has 18 heavy (non-hydrogen) atoms. The quantitative estimate of drug-likeness (QED) is 0.803. The predicted octanol–water partition coefficient (Wildman–Crippen LogP) is 1.37. The largest absolute Gasteiger partial charge is 0.496 e. The van der Waals surface area contributed by atoms with E-state index in [0.717, 1.165) is 11.3 Å². The van der Waals surface area contributed by atoms with E-state index in [4.69, 9.17) is 9.84 Å². The summed E-state index contributed by atoms with van der Waals surface area (Å²) in [5, 5.41) is 11.9. The van der Waals surface area contributed by atoms with E-state index in [0.29, 0.717) is 0 Å². The fourth-order valence-electron chi connectivity index (χ4n) is 1.63. The van der Waals surface area contributed by atoms with Crippen LogP contribution in [0.1, 0.15) is 19.4 Å². The lowest BCUT2D eigenvalue weighted by Gasteiger charge is -2.19. The van der Waals surface area contributed by atoms with Crippen molar-refractivity contribution in [3.63, 3.8) is 0 Å². The summed E-state index contributed by atoms with van der Waals surface area (Å²) in [6, 6.07) is 7.42. The molecule has 0 saturated carbocycles. The molecule has 4 heteroatoms. The Kier molecular flexibility index (Phi) is 5.65. The van der Waals surface area contributed by atoms with Gasteiger partial charge in [0.25, 0.3) is 0 Å². The molecule has 0 aromatic heterocycles.